The number of aliphatic hydroxyl groups excluding tert-OH is 3. The van der Waals surface area contributed by atoms with Crippen molar-refractivity contribution in [2.24, 2.45) is 23.5 Å². The number of fused-ring (bicyclic) bond motifs is 18. The van der Waals surface area contributed by atoms with Gasteiger partial charge in [0, 0.05) is 35.3 Å². The molecule has 7 N–H and O–H groups in total. The first kappa shape index (κ1) is 40.5. The number of hydrogen-bond acceptors (Lipinski definition) is 10. The summed E-state index contributed by atoms with van der Waals surface area (Å²) in [7, 11) is 0. The van der Waals surface area contributed by atoms with Gasteiger partial charge < -0.3 is 31.5 Å². The summed E-state index contributed by atoms with van der Waals surface area (Å²) in [6, 6.07) is 1.26. The van der Waals surface area contributed by atoms with Crippen LogP contribution in [0.4, 0.5) is 0 Å². The van der Waals surface area contributed by atoms with Crippen LogP contribution in [0.15, 0.2) is 88.9 Å². The zero-order valence-electron chi connectivity index (χ0n) is 30.1. The van der Waals surface area contributed by atoms with E-state index in [0.717, 1.165) is 0 Å². The molecule has 1 amide bonds. The second-order valence-corrected chi connectivity index (χ2v) is 13.4. The predicted molar refractivity (Wildman–Crippen MR) is 194 cm³/mol. The molecule has 0 radical (unpaired) electrons. The average molecular weight is 701 g/mol. The van der Waals surface area contributed by atoms with Crippen LogP contribution in [-0.2, 0) is 9.59 Å². The number of benzene rings is 1. The Morgan fingerprint density at radius 3 is 2.08 bits per heavy atom. The van der Waals surface area contributed by atoms with Gasteiger partial charge >= 0.3 is 0 Å². The molecule has 3 aliphatic rings. The van der Waals surface area contributed by atoms with Crippen molar-refractivity contribution in [1.82, 2.24) is 5.32 Å². The molecule has 1 aromatic rings. The molecule has 6 atom stereocenters. The smallest absolute Gasteiger partial charge is 0.251 e. The van der Waals surface area contributed by atoms with Crippen molar-refractivity contribution < 1.29 is 44.4 Å². The molecule has 1 aliphatic carbocycles. The molecule has 0 saturated heterocycles. The highest BCUT2D eigenvalue weighted by Gasteiger charge is 2.38. The van der Waals surface area contributed by atoms with Crippen LogP contribution in [-0.4, -0.2) is 67.8 Å². The molecule has 11 heteroatoms. The zero-order chi connectivity index (χ0) is 38.3. The molecule has 272 valence electrons. The number of aromatic hydroxyl groups is 1. The summed E-state index contributed by atoms with van der Waals surface area (Å²) < 4.78 is 0. The van der Waals surface area contributed by atoms with Crippen LogP contribution >= 0.6 is 0 Å². The highest BCUT2D eigenvalue weighted by atomic mass is 16.3. The molecule has 11 nitrogen and oxygen atoms in total. The Hall–Kier alpha value is -4.97. The fraction of sp³-hybridized carbons (Fsp3) is 0.375. The van der Waals surface area contributed by atoms with Crippen molar-refractivity contribution in [2.45, 2.75) is 79.6 Å². The normalized spacial score (nSPS) is 26.6. The van der Waals surface area contributed by atoms with Crippen LogP contribution in [0.2, 0.25) is 0 Å². The number of nitrogens with two attached hydrogens (primary N) is 1. The van der Waals surface area contributed by atoms with Crippen LogP contribution in [0.5, 0.6) is 5.75 Å². The van der Waals surface area contributed by atoms with E-state index in [2.05, 4.69) is 5.32 Å². The first-order chi connectivity index (χ1) is 23.9. The van der Waals surface area contributed by atoms with Crippen molar-refractivity contribution in [3.05, 3.63) is 111 Å². The Morgan fingerprint density at radius 2 is 1.41 bits per heavy atom. The molecule has 0 aromatic heterocycles. The SMILES string of the molecule is CC1=CC[C@H](O)C=C[C@H](C)[C@H](O)[C@@H](C)C=C(C)C(=O)c2c(O)c(C)cc3c2C(=O)C(N)=C(NC(=O)C(C)=CC=CC=C[C@H](C)[C@@H](O)CC1=O)C3=O. The second-order valence-electron chi connectivity index (χ2n) is 13.4. The van der Waals surface area contributed by atoms with E-state index >= 15 is 0 Å². The number of phenolic OH excluding ortho intramolecular Hbond substituents is 1. The number of aryl methyl sites for hydroxylation is 1. The minimum atomic E-state index is -1.01. The van der Waals surface area contributed by atoms with Crippen molar-refractivity contribution in [3.63, 3.8) is 0 Å². The molecule has 2 aliphatic heterocycles. The lowest BCUT2D eigenvalue weighted by Gasteiger charge is -2.24. The van der Waals surface area contributed by atoms with E-state index in [1.165, 1.54) is 45.1 Å². The Labute approximate surface area is 298 Å². The van der Waals surface area contributed by atoms with Gasteiger partial charge in [-0.3, -0.25) is 24.0 Å². The molecule has 0 unspecified atom stereocenters. The van der Waals surface area contributed by atoms with E-state index in [1.807, 2.05) is 0 Å². The van der Waals surface area contributed by atoms with Crippen molar-refractivity contribution in [3.8, 4) is 5.75 Å². The number of hydrogen-bond donors (Lipinski definition) is 6. The van der Waals surface area contributed by atoms with E-state index in [4.69, 9.17) is 5.73 Å². The third kappa shape index (κ3) is 9.63. The number of amides is 1. The standard InChI is InChI=1S/C40H48N2O9/c1-20-11-9-8-10-12-23(4)40(51)42-34-33(41)39(50)31-28(38(34)49)18-26(7)37(48)32(31)36(47)25(6)17-24(5)35(46)22(3)14-16-27(43)15-13-21(2)30(45)19-29(20)44/h8-14,16-18,20,22,24,27,29,35,43-44,46,48H,15,19,41H2,1-7H3,(H,42,51)/t20-,22-,24-,27-,29-,35-/m0/s1. The van der Waals surface area contributed by atoms with Crippen molar-refractivity contribution >= 4 is 29.0 Å². The topological polar surface area (TPSA) is 204 Å². The number of carbonyl (C=O) groups is 5. The molecule has 2 heterocycles. The fourth-order valence-electron chi connectivity index (χ4n) is 5.68. The maximum absolute atomic E-state index is 13.8. The van der Waals surface area contributed by atoms with Crippen molar-refractivity contribution in [2.75, 3.05) is 0 Å². The fourth-order valence-corrected chi connectivity index (χ4v) is 5.68. The Kier molecular flexibility index (Phi) is 13.7. The summed E-state index contributed by atoms with van der Waals surface area (Å²) in [6.45, 7) is 11.2. The largest absolute Gasteiger partial charge is 0.507 e. The number of nitrogens with one attached hydrogen (secondary N) is 1. The molecule has 4 rings (SSSR count). The third-order valence-corrected chi connectivity index (χ3v) is 9.20. The molecular formula is C40H48N2O9. The van der Waals surface area contributed by atoms with E-state index in [0.29, 0.717) is 5.57 Å². The van der Waals surface area contributed by atoms with Crippen LogP contribution in [0, 0.1) is 24.7 Å². The highest BCUT2D eigenvalue weighted by molar-refractivity contribution is 6.31. The molecule has 51 heavy (non-hydrogen) atoms. The molecule has 0 saturated carbocycles. The Morgan fingerprint density at radius 1 is 0.745 bits per heavy atom. The van der Waals surface area contributed by atoms with E-state index in [9.17, 15) is 44.4 Å². The van der Waals surface area contributed by atoms with Gasteiger partial charge in [0.1, 0.15) is 17.1 Å². The van der Waals surface area contributed by atoms with Gasteiger partial charge in [0.15, 0.2) is 11.6 Å². The quantitative estimate of drug-likeness (QED) is 0.210. The third-order valence-electron chi connectivity index (χ3n) is 9.20. The van der Waals surface area contributed by atoms with Gasteiger partial charge in [0.05, 0.1) is 29.4 Å². The lowest BCUT2D eigenvalue weighted by atomic mass is 9.82. The summed E-state index contributed by atoms with van der Waals surface area (Å²) in [5.74, 6) is -5.44. The summed E-state index contributed by atoms with van der Waals surface area (Å²) in [5, 5.41) is 45.6. The first-order valence-corrected chi connectivity index (χ1v) is 16.8. The molecule has 1 aromatic carbocycles. The van der Waals surface area contributed by atoms with Crippen LogP contribution in [0.1, 0.15) is 91.0 Å². The second kappa shape index (κ2) is 17.3. The summed E-state index contributed by atoms with van der Waals surface area (Å²) in [4.78, 5) is 66.8. The van der Waals surface area contributed by atoms with Gasteiger partial charge in [-0.05, 0) is 56.9 Å². The maximum atomic E-state index is 13.8. The summed E-state index contributed by atoms with van der Waals surface area (Å²) in [6.07, 6.45) is 11.3. The lowest BCUT2D eigenvalue weighted by Crippen LogP contribution is -2.37. The van der Waals surface area contributed by atoms with E-state index in [1.54, 1.807) is 64.2 Å². The van der Waals surface area contributed by atoms with Gasteiger partial charge in [-0.25, -0.2) is 0 Å². The minimum absolute atomic E-state index is 0.0835. The van der Waals surface area contributed by atoms with Gasteiger partial charge in [-0.2, -0.15) is 0 Å². The van der Waals surface area contributed by atoms with Crippen molar-refractivity contribution in [1.29, 1.82) is 0 Å². The summed E-state index contributed by atoms with van der Waals surface area (Å²) >= 11 is 0. The number of allylic oxidation sites excluding steroid dienone is 8. The molecule has 0 fully saturated rings. The maximum Gasteiger partial charge on any atom is 0.251 e. The lowest BCUT2D eigenvalue weighted by molar-refractivity contribution is -0.118. The minimum Gasteiger partial charge on any atom is -0.507 e. The molecular weight excluding hydrogens is 652 g/mol. The van der Waals surface area contributed by atoms with Crippen LogP contribution in [0.3, 0.4) is 0 Å². The molecule has 4 bridgehead atoms. The van der Waals surface area contributed by atoms with Gasteiger partial charge in [0.25, 0.3) is 5.91 Å². The average Bonchev–Trinajstić information content (AvgIpc) is 3.09. The van der Waals surface area contributed by atoms with Gasteiger partial charge in [-0.15, -0.1) is 0 Å². The number of carbonyl (C=O) groups excluding carboxylic acids is 5. The number of Topliss-reactive ketones (excluding diaryl/α,β-unsaturated/α-hetero) is 4. The monoisotopic (exact) mass is 700 g/mol. The number of phenols is 1. The zero-order valence-corrected chi connectivity index (χ0v) is 30.1. The number of rotatable bonds is 0. The van der Waals surface area contributed by atoms with E-state index in [-0.39, 0.29) is 52.4 Å². The van der Waals surface area contributed by atoms with E-state index < -0.39 is 76.1 Å². The Bertz CT molecular complexity index is 1820. The highest BCUT2D eigenvalue weighted by Crippen LogP contribution is 2.36. The number of ketones is 4. The Balaban J connectivity index is 2.08. The van der Waals surface area contributed by atoms with Crippen LogP contribution < -0.4 is 11.1 Å². The molecule has 0 spiro atoms. The summed E-state index contributed by atoms with van der Waals surface area (Å²) in [5.41, 5.74) is 4.83. The van der Waals surface area contributed by atoms with Gasteiger partial charge in [-0.1, -0.05) is 75.5 Å². The predicted octanol–water partition coefficient (Wildman–Crippen LogP) is 4.41. The first-order valence-electron chi connectivity index (χ1n) is 16.8. The number of aliphatic hydroxyl groups is 3. The van der Waals surface area contributed by atoms with Gasteiger partial charge in [0.2, 0.25) is 11.6 Å². The van der Waals surface area contributed by atoms with Crippen LogP contribution in [0.25, 0.3) is 0 Å².